The first-order valence-corrected chi connectivity index (χ1v) is 10.6. The maximum atomic E-state index is 12.4. The molecule has 0 atom stereocenters. The molecule has 0 unspecified atom stereocenters. The van der Waals surface area contributed by atoms with Crippen molar-refractivity contribution in [3.8, 4) is 5.75 Å². The summed E-state index contributed by atoms with van der Waals surface area (Å²) in [4.78, 5) is 24.2. The zero-order chi connectivity index (χ0) is 22.1. The summed E-state index contributed by atoms with van der Waals surface area (Å²) in [6.45, 7) is -0.116. The average molecular weight is 465 g/mol. The van der Waals surface area contributed by atoms with E-state index in [0.29, 0.717) is 5.56 Å². The molecule has 0 bridgehead atoms. The van der Waals surface area contributed by atoms with Crippen LogP contribution in [0, 0.1) is 0 Å². The van der Waals surface area contributed by atoms with Gasteiger partial charge in [0.25, 0.3) is 0 Å². The Morgan fingerprint density at radius 1 is 0.719 bits per heavy atom. The second-order valence-corrected chi connectivity index (χ2v) is 7.54. The first-order valence-electron chi connectivity index (χ1n) is 9.16. The molecule has 0 radical (unpaired) electrons. The molecule has 0 spiro atoms. The molecule has 0 aliphatic rings. The van der Waals surface area contributed by atoms with Crippen LogP contribution in [0.3, 0.4) is 0 Å². The van der Waals surface area contributed by atoms with Crippen LogP contribution < -0.4 is 8.91 Å². The molecule has 1 amide bonds. The van der Waals surface area contributed by atoms with Crippen LogP contribution in [0.4, 0.5) is 4.79 Å². The third-order valence-corrected chi connectivity index (χ3v) is 4.76. The number of hydrogen-bond donors (Lipinski definition) is 1. The molecule has 1 N–H and O–H groups in total. The van der Waals surface area contributed by atoms with Crippen LogP contribution >= 0.6 is 0 Å². The van der Waals surface area contributed by atoms with Crippen molar-refractivity contribution < 1.29 is 31.7 Å². The number of ether oxygens (including phenoxy) is 2. The molecule has 0 saturated carbocycles. The first kappa shape index (κ1) is 25.4. The maximum absolute atomic E-state index is 12.4. The van der Waals surface area contributed by atoms with Crippen molar-refractivity contribution >= 4 is 51.9 Å². The van der Waals surface area contributed by atoms with Crippen molar-refractivity contribution in [1.29, 1.82) is 0 Å². The van der Waals surface area contributed by atoms with E-state index in [2.05, 4.69) is 0 Å². The Bertz CT molecular complexity index is 1140. The van der Waals surface area contributed by atoms with Crippen LogP contribution in [-0.2, 0) is 33.0 Å². The fourth-order valence-electron chi connectivity index (χ4n) is 2.50. The number of carbonyl (C=O) groups is 2. The van der Waals surface area contributed by atoms with Gasteiger partial charge in [0, 0.05) is 0 Å². The molecule has 32 heavy (non-hydrogen) atoms. The molecule has 0 heterocycles. The molecule has 0 aliphatic heterocycles. The van der Waals surface area contributed by atoms with E-state index in [1.807, 2.05) is 6.07 Å². The van der Waals surface area contributed by atoms with E-state index in [1.54, 1.807) is 59.3 Å². The van der Waals surface area contributed by atoms with Gasteiger partial charge in [0.05, 0.1) is 0 Å². The molecule has 3 aromatic carbocycles. The Labute approximate surface area is 208 Å². The monoisotopic (exact) mass is 465 g/mol. The summed E-state index contributed by atoms with van der Waals surface area (Å²) < 4.78 is 41.0. The summed E-state index contributed by atoms with van der Waals surface area (Å²) in [5.74, 6) is -1.06. The SMILES string of the molecule is O=C(NS(=O)(=O)Oc1ccccc1C(=O)OCc1ccccc1)OCc1ccccc1.[NaH]. The topological polar surface area (TPSA) is 108 Å². The second kappa shape index (κ2) is 12.3. The number of rotatable bonds is 8. The fraction of sp³-hybridized carbons (Fsp3) is 0.0909. The number of carbonyl (C=O) groups excluding carboxylic acids is 2. The van der Waals surface area contributed by atoms with E-state index in [1.165, 1.54) is 24.3 Å². The fourth-order valence-corrected chi connectivity index (χ4v) is 3.19. The Balaban J connectivity index is 0.00000363. The molecule has 3 rings (SSSR count). The van der Waals surface area contributed by atoms with E-state index < -0.39 is 22.4 Å². The van der Waals surface area contributed by atoms with Gasteiger partial charge in [-0.25, -0.2) is 9.59 Å². The quantitative estimate of drug-likeness (QED) is 0.403. The van der Waals surface area contributed by atoms with Gasteiger partial charge in [0.2, 0.25) is 0 Å². The van der Waals surface area contributed by atoms with Crippen molar-refractivity contribution in [3.05, 3.63) is 102 Å². The summed E-state index contributed by atoms with van der Waals surface area (Å²) in [5.41, 5.74) is 1.34. The normalized spacial score (nSPS) is 10.4. The van der Waals surface area contributed by atoms with Crippen molar-refractivity contribution in [2.24, 2.45) is 0 Å². The van der Waals surface area contributed by atoms with Gasteiger partial charge < -0.3 is 13.7 Å². The summed E-state index contributed by atoms with van der Waals surface area (Å²) >= 11 is 0. The molecular weight excluding hydrogens is 445 g/mol. The van der Waals surface area contributed by atoms with Gasteiger partial charge in [-0.15, -0.1) is 0 Å². The van der Waals surface area contributed by atoms with Gasteiger partial charge in [-0.05, 0) is 23.3 Å². The standard InChI is InChI=1S/C22H19NO7S.Na.H/c24-21(28-15-17-9-3-1-4-10-17)19-13-7-8-14-20(19)30-31(26,27)23-22(25)29-16-18-11-5-2-6-12-18;;/h1-14H,15-16H2,(H,23,25);;. The van der Waals surface area contributed by atoms with Crippen molar-refractivity contribution in [1.82, 2.24) is 4.72 Å². The third-order valence-electron chi connectivity index (χ3n) is 3.94. The van der Waals surface area contributed by atoms with Crippen LogP contribution in [-0.4, -0.2) is 50.0 Å². The predicted octanol–water partition coefficient (Wildman–Crippen LogP) is 2.95. The summed E-state index contributed by atoms with van der Waals surface area (Å²) in [5, 5.41) is 0. The Morgan fingerprint density at radius 2 is 1.22 bits per heavy atom. The molecule has 0 saturated heterocycles. The summed E-state index contributed by atoms with van der Waals surface area (Å²) in [7, 11) is -4.59. The molecule has 0 aliphatic carbocycles. The number of esters is 1. The van der Waals surface area contributed by atoms with Gasteiger partial charge in [-0.2, -0.15) is 13.1 Å². The number of para-hydroxylation sites is 1. The van der Waals surface area contributed by atoms with Gasteiger partial charge >= 0.3 is 51.9 Å². The van der Waals surface area contributed by atoms with Crippen LogP contribution in [0.5, 0.6) is 5.75 Å². The minimum absolute atomic E-state index is 0. The van der Waals surface area contributed by atoms with Crippen molar-refractivity contribution in [3.63, 3.8) is 0 Å². The molecule has 162 valence electrons. The predicted molar refractivity (Wildman–Crippen MR) is 118 cm³/mol. The molecular formula is C22H20NNaO7S. The second-order valence-electron chi connectivity index (χ2n) is 6.26. The van der Waals surface area contributed by atoms with Crippen LogP contribution in [0.2, 0.25) is 0 Å². The first-order chi connectivity index (χ1) is 14.9. The zero-order valence-electron chi connectivity index (χ0n) is 16.3. The molecule has 10 heteroatoms. The van der Waals surface area contributed by atoms with E-state index in [4.69, 9.17) is 13.7 Å². The summed E-state index contributed by atoms with van der Waals surface area (Å²) in [6.07, 6.45) is -1.21. The zero-order valence-corrected chi connectivity index (χ0v) is 17.1. The van der Waals surface area contributed by atoms with Gasteiger partial charge in [0.15, 0.2) is 5.75 Å². The molecule has 3 aromatic rings. The van der Waals surface area contributed by atoms with Gasteiger partial charge in [0.1, 0.15) is 18.8 Å². The van der Waals surface area contributed by atoms with Crippen LogP contribution in [0.1, 0.15) is 21.5 Å². The Kier molecular flexibility index (Phi) is 9.73. The van der Waals surface area contributed by atoms with Crippen molar-refractivity contribution in [2.45, 2.75) is 13.2 Å². The van der Waals surface area contributed by atoms with E-state index >= 15 is 0 Å². The minimum atomic E-state index is -4.59. The van der Waals surface area contributed by atoms with E-state index in [9.17, 15) is 18.0 Å². The van der Waals surface area contributed by atoms with Crippen LogP contribution in [0.25, 0.3) is 0 Å². The van der Waals surface area contributed by atoms with Crippen LogP contribution in [0.15, 0.2) is 84.9 Å². The number of amides is 1. The summed E-state index contributed by atoms with van der Waals surface area (Å²) in [6, 6.07) is 23.4. The van der Waals surface area contributed by atoms with Gasteiger partial charge in [-0.3, -0.25) is 0 Å². The molecule has 0 aromatic heterocycles. The number of hydrogen-bond acceptors (Lipinski definition) is 7. The average Bonchev–Trinajstić information content (AvgIpc) is 2.77. The number of benzene rings is 3. The van der Waals surface area contributed by atoms with Gasteiger partial charge in [-0.1, -0.05) is 72.8 Å². The van der Waals surface area contributed by atoms with Crippen molar-refractivity contribution in [2.75, 3.05) is 0 Å². The number of nitrogens with one attached hydrogen (secondary N) is 1. The Hall–Kier alpha value is -2.85. The third kappa shape index (κ3) is 8.01. The van der Waals surface area contributed by atoms with E-state index in [0.717, 1.165) is 5.56 Å². The molecule has 0 fully saturated rings. The van der Waals surface area contributed by atoms with E-state index in [-0.39, 0.29) is 54.1 Å². The molecule has 8 nitrogen and oxygen atoms in total. The Morgan fingerprint density at radius 3 is 1.81 bits per heavy atom.